The van der Waals surface area contributed by atoms with Crippen LogP contribution < -0.4 is 10.1 Å². The molecule has 0 atom stereocenters. The van der Waals surface area contributed by atoms with Crippen molar-refractivity contribution in [1.82, 2.24) is 4.90 Å². The highest BCUT2D eigenvalue weighted by Gasteiger charge is 2.18. The lowest BCUT2D eigenvalue weighted by Crippen LogP contribution is -2.32. The zero-order valence-electron chi connectivity index (χ0n) is 15.4. The number of amides is 2. The molecule has 0 spiro atoms. The van der Waals surface area contributed by atoms with E-state index in [2.05, 4.69) is 5.32 Å². The Hall–Kier alpha value is -3.35. The Bertz CT molecular complexity index is 857. The smallest absolute Gasteiger partial charge is 0.335 e. The van der Waals surface area contributed by atoms with Crippen molar-refractivity contribution < 1.29 is 24.2 Å². The molecule has 1 saturated heterocycles. The fourth-order valence-corrected chi connectivity index (χ4v) is 3.10. The topological polar surface area (TPSA) is 95.9 Å². The molecule has 1 aliphatic heterocycles. The van der Waals surface area contributed by atoms with Crippen molar-refractivity contribution in [2.45, 2.75) is 19.3 Å². The van der Waals surface area contributed by atoms with Gasteiger partial charge in [0, 0.05) is 18.8 Å². The lowest BCUT2D eigenvalue weighted by Gasteiger charge is -2.15. The number of likely N-dealkylation sites (tertiary alicyclic amines) is 1. The average Bonchev–Trinajstić information content (AvgIpc) is 3.22. The molecule has 2 N–H and O–H groups in total. The molecule has 2 amide bonds. The second kappa shape index (κ2) is 9.03. The maximum Gasteiger partial charge on any atom is 0.335 e. The van der Waals surface area contributed by atoms with Gasteiger partial charge in [-0.15, -0.1) is 0 Å². The molecule has 0 aromatic heterocycles. The van der Waals surface area contributed by atoms with Crippen LogP contribution in [-0.4, -0.2) is 47.5 Å². The standard InChI is InChI=1S/C21H22N2O5/c24-19(13-15-5-1-2-6-18(15)21(26)27)22-16-7-9-17(10-8-16)28-14-20(25)23-11-3-4-12-23/h1-2,5-10H,3-4,11-14H2,(H,22,24)(H,26,27). The Balaban J connectivity index is 1.52. The van der Waals surface area contributed by atoms with E-state index < -0.39 is 5.97 Å². The molecule has 1 fully saturated rings. The number of nitrogens with zero attached hydrogens (tertiary/aromatic N) is 1. The molecule has 1 heterocycles. The van der Waals surface area contributed by atoms with Crippen LogP contribution in [0.5, 0.6) is 5.75 Å². The quantitative estimate of drug-likeness (QED) is 0.767. The minimum Gasteiger partial charge on any atom is -0.484 e. The molecule has 28 heavy (non-hydrogen) atoms. The van der Waals surface area contributed by atoms with Crippen molar-refractivity contribution in [1.29, 1.82) is 0 Å². The lowest BCUT2D eigenvalue weighted by atomic mass is 10.0. The van der Waals surface area contributed by atoms with E-state index in [1.54, 1.807) is 47.4 Å². The summed E-state index contributed by atoms with van der Waals surface area (Å²) < 4.78 is 5.51. The van der Waals surface area contributed by atoms with Crippen molar-refractivity contribution in [3.63, 3.8) is 0 Å². The predicted octanol–water partition coefficient (Wildman–Crippen LogP) is 2.57. The molecule has 0 radical (unpaired) electrons. The van der Waals surface area contributed by atoms with E-state index >= 15 is 0 Å². The number of carboxylic acids is 1. The summed E-state index contributed by atoms with van der Waals surface area (Å²) in [6, 6.07) is 13.1. The van der Waals surface area contributed by atoms with Crippen molar-refractivity contribution >= 4 is 23.5 Å². The second-order valence-corrected chi connectivity index (χ2v) is 6.59. The van der Waals surface area contributed by atoms with E-state index in [1.807, 2.05) is 0 Å². The molecule has 0 bridgehead atoms. The van der Waals surface area contributed by atoms with E-state index in [0.29, 0.717) is 17.0 Å². The van der Waals surface area contributed by atoms with E-state index in [9.17, 15) is 19.5 Å². The number of carboxylic acid groups (broad SMARTS) is 1. The molecule has 3 rings (SSSR count). The highest BCUT2D eigenvalue weighted by molar-refractivity contribution is 5.96. The zero-order valence-corrected chi connectivity index (χ0v) is 15.4. The average molecular weight is 382 g/mol. The third kappa shape index (κ3) is 5.09. The summed E-state index contributed by atoms with van der Waals surface area (Å²) in [7, 11) is 0. The Labute approximate surface area is 162 Å². The van der Waals surface area contributed by atoms with Gasteiger partial charge in [-0.05, 0) is 48.7 Å². The number of ether oxygens (including phenoxy) is 1. The monoisotopic (exact) mass is 382 g/mol. The third-order valence-corrected chi connectivity index (χ3v) is 4.56. The zero-order chi connectivity index (χ0) is 19.9. The van der Waals surface area contributed by atoms with Crippen LogP contribution in [0.1, 0.15) is 28.8 Å². The van der Waals surface area contributed by atoms with Crippen molar-refractivity contribution in [3.05, 3.63) is 59.7 Å². The Morgan fingerprint density at radius 1 is 1.00 bits per heavy atom. The second-order valence-electron chi connectivity index (χ2n) is 6.59. The van der Waals surface area contributed by atoms with Crippen LogP contribution in [-0.2, 0) is 16.0 Å². The first-order valence-electron chi connectivity index (χ1n) is 9.14. The molecular formula is C21H22N2O5. The van der Waals surface area contributed by atoms with Crippen molar-refractivity contribution in [2.75, 3.05) is 25.0 Å². The van der Waals surface area contributed by atoms with Crippen LogP contribution in [0.2, 0.25) is 0 Å². The minimum atomic E-state index is -1.06. The Kier molecular flexibility index (Phi) is 6.26. The third-order valence-electron chi connectivity index (χ3n) is 4.56. The van der Waals surface area contributed by atoms with Gasteiger partial charge in [0.2, 0.25) is 5.91 Å². The molecule has 7 nitrogen and oxygen atoms in total. The maximum absolute atomic E-state index is 12.2. The first-order chi connectivity index (χ1) is 13.5. The van der Waals surface area contributed by atoms with Crippen LogP contribution in [0.4, 0.5) is 5.69 Å². The number of hydrogen-bond acceptors (Lipinski definition) is 4. The molecule has 0 aliphatic carbocycles. The van der Waals surface area contributed by atoms with Gasteiger partial charge in [0.05, 0.1) is 12.0 Å². The van der Waals surface area contributed by atoms with E-state index in [4.69, 9.17) is 4.74 Å². The van der Waals surface area contributed by atoms with Gasteiger partial charge in [-0.2, -0.15) is 0 Å². The van der Waals surface area contributed by atoms with E-state index in [1.165, 1.54) is 6.07 Å². The SMILES string of the molecule is O=C(Cc1ccccc1C(=O)O)Nc1ccc(OCC(=O)N2CCCC2)cc1. The summed E-state index contributed by atoms with van der Waals surface area (Å²) in [4.78, 5) is 37.2. The first-order valence-corrected chi connectivity index (χ1v) is 9.14. The summed E-state index contributed by atoms with van der Waals surface area (Å²) >= 11 is 0. The molecule has 1 aliphatic rings. The fourth-order valence-electron chi connectivity index (χ4n) is 3.10. The number of nitrogens with one attached hydrogen (secondary N) is 1. The van der Waals surface area contributed by atoms with E-state index in [-0.39, 0.29) is 30.4 Å². The van der Waals surface area contributed by atoms with Crippen LogP contribution in [0, 0.1) is 0 Å². The summed E-state index contributed by atoms with van der Waals surface area (Å²) in [5.74, 6) is -0.853. The normalized spacial score (nSPS) is 13.2. The number of carbonyl (C=O) groups is 3. The molecular weight excluding hydrogens is 360 g/mol. The number of benzene rings is 2. The predicted molar refractivity (Wildman–Crippen MR) is 103 cm³/mol. The maximum atomic E-state index is 12.2. The van der Waals surface area contributed by atoms with Gasteiger partial charge in [0.15, 0.2) is 6.61 Å². The minimum absolute atomic E-state index is 0.00230. The molecule has 146 valence electrons. The van der Waals surface area contributed by atoms with Gasteiger partial charge in [-0.3, -0.25) is 9.59 Å². The Morgan fingerprint density at radius 3 is 2.36 bits per heavy atom. The van der Waals surface area contributed by atoms with Gasteiger partial charge >= 0.3 is 5.97 Å². The van der Waals surface area contributed by atoms with Gasteiger partial charge in [0.1, 0.15) is 5.75 Å². The number of aromatic carboxylic acids is 1. The highest BCUT2D eigenvalue weighted by Crippen LogP contribution is 2.17. The van der Waals surface area contributed by atoms with Crippen molar-refractivity contribution in [2.24, 2.45) is 0 Å². The number of carbonyl (C=O) groups excluding carboxylic acids is 2. The van der Waals surface area contributed by atoms with Crippen LogP contribution in [0.3, 0.4) is 0 Å². The van der Waals surface area contributed by atoms with Gasteiger partial charge < -0.3 is 20.1 Å². The van der Waals surface area contributed by atoms with Gasteiger partial charge in [0.25, 0.3) is 5.91 Å². The molecule has 0 saturated carbocycles. The summed E-state index contributed by atoms with van der Waals surface area (Å²) in [6.45, 7) is 1.58. The fraction of sp³-hybridized carbons (Fsp3) is 0.286. The Morgan fingerprint density at radius 2 is 1.68 bits per heavy atom. The van der Waals surface area contributed by atoms with Gasteiger partial charge in [-0.25, -0.2) is 4.79 Å². The number of anilines is 1. The largest absolute Gasteiger partial charge is 0.484 e. The molecule has 0 unspecified atom stereocenters. The lowest BCUT2D eigenvalue weighted by molar-refractivity contribution is -0.132. The molecule has 7 heteroatoms. The number of hydrogen-bond donors (Lipinski definition) is 2. The molecule has 2 aromatic carbocycles. The molecule has 2 aromatic rings. The summed E-state index contributed by atoms with van der Waals surface area (Å²) in [5.41, 5.74) is 1.13. The van der Waals surface area contributed by atoms with Crippen LogP contribution in [0.25, 0.3) is 0 Å². The van der Waals surface area contributed by atoms with Gasteiger partial charge in [-0.1, -0.05) is 18.2 Å². The number of rotatable bonds is 7. The highest BCUT2D eigenvalue weighted by atomic mass is 16.5. The summed E-state index contributed by atoms with van der Waals surface area (Å²) in [6.07, 6.45) is 2.04. The van der Waals surface area contributed by atoms with Crippen LogP contribution >= 0.6 is 0 Å². The van der Waals surface area contributed by atoms with Crippen molar-refractivity contribution in [3.8, 4) is 5.75 Å². The van der Waals surface area contributed by atoms with E-state index in [0.717, 1.165) is 25.9 Å². The summed E-state index contributed by atoms with van der Waals surface area (Å²) in [5, 5.41) is 11.9. The first kappa shape index (κ1) is 19.4. The van der Waals surface area contributed by atoms with Crippen LogP contribution in [0.15, 0.2) is 48.5 Å².